The molecule has 2 aromatic rings. The zero-order valence-corrected chi connectivity index (χ0v) is 15.7. The standard InChI is InChI=1S/C20H21ClFN3O2/c1-11(10-16(23)26)25-19(12-2-3-12)14-4-5-15(21)17(18(14)22)20(27)13-6-8-24-9-7-13/h4-9,11-12,19,25H,2-3,10H2,1H3,(H2,23,26)/t11-,19+/m0/s1. The summed E-state index contributed by atoms with van der Waals surface area (Å²) in [5.74, 6) is -1.28. The molecule has 1 heterocycles. The zero-order valence-electron chi connectivity index (χ0n) is 14.9. The van der Waals surface area contributed by atoms with E-state index < -0.39 is 17.5 Å². The second kappa shape index (κ2) is 8.15. The Morgan fingerprint density at radius 2 is 1.96 bits per heavy atom. The molecule has 0 bridgehead atoms. The maximum atomic E-state index is 15.4. The number of carbonyl (C=O) groups excluding carboxylic acids is 2. The summed E-state index contributed by atoms with van der Waals surface area (Å²) >= 11 is 6.16. The number of nitrogens with two attached hydrogens (primary N) is 1. The van der Waals surface area contributed by atoms with E-state index in [-0.39, 0.29) is 35.0 Å². The third-order valence-corrected chi connectivity index (χ3v) is 5.01. The number of nitrogens with zero attached hydrogens (tertiary/aromatic N) is 1. The van der Waals surface area contributed by atoms with Crippen LogP contribution in [0.1, 0.15) is 53.7 Å². The zero-order chi connectivity index (χ0) is 19.6. The van der Waals surface area contributed by atoms with Crippen molar-refractivity contribution in [2.45, 2.75) is 38.3 Å². The number of carbonyl (C=O) groups is 2. The molecule has 27 heavy (non-hydrogen) atoms. The van der Waals surface area contributed by atoms with Crippen molar-refractivity contribution >= 4 is 23.3 Å². The van der Waals surface area contributed by atoms with Gasteiger partial charge in [0.1, 0.15) is 5.82 Å². The first-order valence-electron chi connectivity index (χ1n) is 8.85. The summed E-state index contributed by atoms with van der Waals surface area (Å²) < 4.78 is 15.4. The summed E-state index contributed by atoms with van der Waals surface area (Å²) in [5.41, 5.74) is 5.82. The number of rotatable bonds is 8. The van der Waals surface area contributed by atoms with Gasteiger partial charge >= 0.3 is 0 Å². The number of nitrogens with one attached hydrogen (secondary N) is 1. The summed E-state index contributed by atoms with van der Waals surface area (Å²) in [6, 6.07) is 5.69. The van der Waals surface area contributed by atoms with Gasteiger partial charge in [0, 0.05) is 42.0 Å². The fourth-order valence-corrected chi connectivity index (χ4v) is 3.47. The largest absolute Gasteiger partial charge is 0.370 e. The van der Waals surface area contributed by atoms with Gasteiger partial charge in [0.2, 0.25) is 5.91 Å². The van der Waals surface area contributed by atoms with Gasteiger partial charge in [-0.2, -0.15) is 0 Å². The number of pyridine rings is 1. The summed E-state index contributed by atoms with van der Waals surface area (Å²) in [7, 11) is 0. The Morgan fingerprint density at radius 3 is 2.56 bits per heavy atom. The number of hydrogen-bond acceptors (Lipinski definition) is 4. The molecule has 1 aromatic heterocycles. The number of aromatic nitrogens is 1. The molecule has 7 heteroatoms. The van der Waals surface area contributed by atoms with Gasteiger partial charge in [-0.05, 0) is 43.9 Å². The Labute approximate surface area is 162 Å². The van der Waals surface area contributed by atoms with Crippen molar-refractivity contribution in [3.05, 3.63) is 64.2 Å². The van der Waals surface area contributed by atoms with Gasteiger partial charge in [-0.15, -0.1) is 0 Å². The number of amides is 1. The molecule has 1 aromatic carbocycles. The van der Waals surface area contributed by atoms with Gasteiger partial charge in [-0.3, -0.25) is 14.6 Å². The lowest BCUT2D eigenvalue weighted by atomic mass is 9.95. The maximum Gasteiger partial charge on any atom is 0.218 e. The minimum absolute atomic E-state index is 0.0674. The SMILES string of the molecule is C[C@@H](CC(N)=O)N[C@@H](c1ccc(Cl)c(C(=O)c2ccncc2)c1F)C1CC1. The van der Waals surface area contributed by atoms with Gasteiger partial charge in [-0.1, -0.05) is 17.7 Å². The second-order valence-corrected chi connectivity index (χ2v) is 7.35. The molecule has 5 nitrogen and oxygen atoms in total. The molecule has 0 radical (unpaired) electrons. The van der Waals surface area contributed by atoms with E-state index in [2.05, 4.69) is 10.3 Å². The molecular weight excluding hydrogens is 369 g/mol. The normalized spacial score (nSPS) is 16.0. The number of benzene rings is 1. The highest BCUT2D eigenvalue weighted by molar-refractivity contribution is 6.35. The summed E-state index contributed by atoms with van der Waals surface area (Å²) in [5, 5.41) is 3.35. The van der Waals surface area contributed by atoms with E-state index in [1.807, 2.05) is 6.92 Å². The Morgan fingerprint density at radius 1 is 1.30 bits per heavy atom. The van der Waals surface area contributed by atoms with Crippen molar-refractivity contribution in [3.8, 4) is 0 Å². The Kier molecular flexibility index (Phi) is 5.87. The number of halogens is 2. The van der Waals surface area contributed by atoms with E-state index >= 15 is 4.39 Å². The molecule has 2 atom stereocenters. The predicted octanol–water partition coefficient (Wildman–Crippen LogP) is 3.41. The highest BCUT2D eigenvalue weighted by Crippen LogP contribution is 2.43. The summed E-state index contributed by atoms with van der Waals surface area (Å²) in [4.78, 5) is 27.8. The number of hydrogen-bond donors (Lipinski definition) is 2. The van der Waals surface area contributed by atoms with Crippen LogP contribution in [0.4, 0.5) is 4.39 Å². The maximum absolute atomic E-state index is 15.4. The molecule has 1 aliphatic carbocycles. The van der Waals surface area contributed by atoms with Crippen LogP contribution < -0.4 is 11.1 Å². The van der Waals surface area contributed by atoms with Crippen LogP contribution in [0.2, 0.25) is 5.02 Å². The van der Waals surface area contributed by atoms with Crippen LogP contribution in [0.15, 0.2) is 36.7 Å². The Hall–Kier alpha value is -2.31. The molecule has 1 amide bonds. The van der Waals surface area contributed by atoms with Gasteiger partial charge in [0.15, 0.2) is 5.78 Å². The van der Waals surface area contributed by atoms with Gasteiger partial charge in [0.25, 0.3) is 0 Å². The van der Waals surface area contributed by atoms with Crippen molar-refractivity contribution < 1.29 is 14.0 Å². The third-order valence-electron chi connectivity index (χ3n) is 4.69. The van der Waals surface area contributed by atoms with Crippen molar-refractivity contribution in [1.82, 2.24) is 10.3 Å². The molecule has 1 saturated carbocycles. The third kappa shape index (κ3) is 4.51. The van der Waals surface area contributed by atoms with E-state index in [1.54, 1.807) is 12.1 Å². The lowest BCUT2D eigenvalue weighted by Gasteiger charge is -2.24. The average Bonchev–Trinajstić information content (AvgIpc) is 3.45. The van der Waals surface area contributed by atoms with Crippen molar-refractivity contribution in [2.24, 2.45) is 11.7 Å². The highest BCUT2D eigenvalue weighted by Gasteiger charge is 2.36. The van der Waals surface area contributed by atoms with Gasteiger partial charge < -0.3 is 11.1 Å². The first-order valence-corrected chi connectivity index (χ1v) is 9.23. The fraction of sp³-hybridized carbons (Fsp3) is 0.350. The van der Waals surface area contributed by atoms with E-state index in [9.17, 15) is 9.59 Å². The molecule has 3 N–H and O–H groups in total. The molecular formula is C20H21ClFN3O2. The molecule has 0 spiro atoms. The van der Waals surface area contributed by atoms with Crippen LogP contribution in [0, 0.1) is 11.7 Å². The Balaban J connectivity index is 1.95. The fourth-order valence-electron chi connectivity index (χ4n) is 3.24. The van der Waals surface area contributed by atoms with Crippen LogP contribution >= 0.6 is 11.6 Å². The van der Waals surface area contributed by atoms with Crippen LogP contribution in [0.5, 0.6) is 0 Å². The molecule has 1 aliphatic rings. The molecule has 142 valence electrons. The molecule has 1 fully saturated rings. The van der Waals surface area contributed by atoms with Crippen LogP contribution in [0.3, 0.4) is 0 Å². The molecule has 0 aliphatic heterocycles. The van der Waals surface area contributed by atoms with E-state index in [1.165, 1.54) is 24.5 Å². The predicted molar refractivity (Wildman–Crippen MR) is 101 cm³/mol. The Bertz CT molecular complexity index is 856. The quantitative estimate of drug-likeness (QED) is 0.677. The van der Waals surface area contributed by atoms with Crippen molar-refractivity contribution in [3.63, 3.8) is 0 Å². The molecule has 0 unspecified atom stereocenters. The highest BCUT2D eigenvalue weighted by atomic mass is 35.5. The first kappa shape index (κ1) is 19.5. The van der Waals surface area contributed by atoms with Crippen LogP contribution in [-0.2, 0) is 4.79 Å². The number of primary amides is 1. The van der Waals surface area contributed by atoms with E-state index in [0.717, 1.165) is 12.8 Å². The van der Waals surface area contributed by atoms with E-state index in [0.29, 0.717) is 11.1 Å². The smallest absolute Gasteiger partial charge is 0.218 e. The van der Waals surface area contributed by atoms with Crippen LogP contribution in [0.25, 0.3) is 0 Å². The lowest BCUT2D eigenvalue weighted by molar-refractivity contribution is -0.118. The summed E-state index contributed by atoms with van der Waals surface area (Å²) in [6.45, 7) is 1.83. The minimum Gasteiger partial charge on any atom is -0.370 e. The monoisotopic (exact) mass is 389 g/mol. The lowest BCUT2D eigenvalue weighted by Crippen LogP contribution is -2.35. The average molecular weight is 390 g/mol. The van der Waals surface area contributed by atoms with Gasteiger partial charge in [0.05, 0.1) is 10.6 Å². The minimum atomic E-state index is -0.625. The first-order chi connectivity index (χ1) is 12.9. The van der Waals surface area contributed by atoms with E-state index in [4.69, 9.17) is 17.3 Å². The van der Waals surface area contributed by atoms with Crippen molar-refractivity contribution in [2.75, 3.05) is 0 Å². The summed E-state index contributed by atoms with van der Waals surface area (Å²) in [6.07, 6.45) is 5.01. The van der Waals surface area contributed by atoms with Gasteiger partial charge in [-0.25, -0.2) is 4.39 Å². The van der Waals surface area contributed by atoms with Crippen LogP contribution in [-0.4, -0.2) is 22.7 Å². The van der Waals surface area contributed by atoms with Crippen molar-refractivity contribution in [1.29, 1.82) is 0 Å². The molecule has 3 rings (SSSR count). The topological polar surface area (TPSA) is 85.1 Å². The molecule has 0 saturated heterocycles. The number of ketones is 1. The second-order valence-electron chi connectivity index (χ2n) is 6.94.